The minimum atomic E-state index is 0.124. The number of rotatable bonds is 3. The van der Waals surface area contributed by atoms with E-state index in [2.05, 4.69) is 20.0 Å². The smallest absolute Gasteiger partial charge is 0.264 e. The Morgan fingerprint density at radius 1 is 1.12 bits per heavy atom. The number of anilines is 1. The second-order valence-corrected chi connectivity index (χ2v) is 7.52. The highest BCUT2D eigenvalue weighted by atomic mass is 32.1. The number of aryl methyl sites for hydroxylation is 2. The standard InChI is InChI=1S/C18H19N5O2S/c1-12-3-5-15(26-12)18(24)23-9-7-22(8-10-23)16-6-4-14(11-19-16)17-20-13(2)25-21-17/h3-6,11H,7-10H2,1-2H3. The van der Waals surface area contributed by atoms with Crippen LogP contribution in [0.5, 0.6) is 0 Å². The van der Waals surface area contributed by atoms with Crippen LogP contribution in [0.3, 0.4) is 0 Å². The van der Waals surface area contributed by atoms with E-state index in [1.54, 1.807) is 24.5 Å². The molecule has 26 heavy (non-hydrogen) atoms. The summed E-state index contributed by atoms with van der Waals surface area (Å²) < 4.78 is 5.00. The first-order valence-electron chi connectivity index (χ1n) is 8.47. The van der Waals surface area contributed by atoms with Crippen molar-refractivity contribution < 1.29 is 9.32 Å². The van der Waals surface area contributed by atoms with E-state index in [9.17, 15) is 4.79 Å². The monoisotopic (exact) mass is 369 g/mol. The SMILES string of the molecule is Cc1nc(-c2ccc(N3CCN(C(=O)c4ccc(C)s4)CC3)nc2)no1. The maximum atomic E-state index is 12.5. The van der Waals surface area contributed by atoms with E-state index >= 15 is 0 Å². The lowest BCUT2D eigenvalue weighted by atomic mass is 10.2. The fraction of sp³-hybridized carbons (Fsp3) is 0.333. The second-order valence-electron chi connectivity index (χ2n) is 6.23. The van der Waals surface area contributed by atoms with Crippen molar-refractivity contribution in [2.24, 2.45) is 0 Å². The first-order chi connectivity index (χ1) is 12.6. The van der Waals surface area contributed by atoms with Crippen LogP contribution < -0.4 is 4.90 Å². The molecule has 1 aliphatic heterocycles. The number of nitrogens with zero attached hydrogens (tertiary/aromatic N) is 5. The second kappa shape index (κ2) is 6.87. The highest BCUT2D eigenvalue weighted by molar-refractivity contribution is 7.13. The molecule has 4 rings (SSSR count). The highest BCUT2D eigenvalue weighted by Crippen LogP contribution is 2.21. The predicted octanol–water partition coefficient (Wildman–Crippen LogP) is 2.77. The quantitative estimate of drug-likeness (QED) is 0.707. The lowest BCUT2D eigenvalue weighted by Crippen LogP contribution is -2.48. The third-order valence-corrected chi connectivity index (χ3v) is 5.36. The number of carbonyl (C=O) groups is 1. The Labute approximate surface area is 155 Å². The van der Waals surface area contributed by atoms with Gasteiger partial charge in [-0.05, 0) is 31.2 Å². The zero-order valence-corrected chi connectivity index (χ0v) is 15.5. The molecule has 1 amide bonds. The van der Waals surface area contributed by atoms with Gasteiger partial charge >= 0.3 is 0 Å². The minimum Gasteiger partial charge on any atom is -0.353 e. The molecule has 0 aromatic carbocycles. The van der Waals surface area contributed by atoms with Gasteiger partial charge in [0, 0.05) is 49.7 Å². The number of pyridine rings is 1. The number of hydrogen-bond acceptors (Lipinski definition) is 7. The molecule has 3 aromatic heterocycles. The Hall–Kier alpha value is -2.74. The minimum absolute atomic E-state index is 0.124. The Morgan fingerprint density at radius 2 is 1.92 bits per heavy atom. The molecular weight excluding hydrogens is 350 g/mol. The van der Waals surface area contributed by atoms with Crippen LogP contribution in [-0.2, 0) is 0 Å². The van der Waals surface area contributed by atoms with Gasteiger partial charge in [0.2, 0.25) is 11.7 Å². The largest absolute Gasteiger partial charge is 0.353 e. The van der Waals surface area contributed by atoms with Gasteiger partial charge in [-0.15, -0.1) is 11.3 Å². The summed E-state index contributed by atoms with van der Waals surface area (Å²) >= 11 is 1.55. The van der Waals surface area contributed by atoms with Gasteiger partial charge in [-0.1, -0.05) is 5.16 Å². The van der Waals surface area contributed by atoms with Gasteiger partial charge < -0.3 is 14.3 Å². The molecule has 0 spiro atoms. The van der Waals surface area contributed by atoms with E-state index in [1.807, 2.05) is 36.1 Å². The van der Waals surface area contributed by atoms with E-state index < -0.39 is 0 Å². The lowest BCUT2D eigenvalue weighted by molar-refractivity contribution is 0.0751. The number of hydrogen-bond donors (Lipinski definition) is 0. The number of piperazine rings is 1. The fourth-order valence-corrected chi connectivity index (χ4v) is 3.80. The summed E-state index contributed by atoms with van der Waals surface area (Å²) in [6.45, 7) is 6.71. The molecule has 0 radical (unpaired) electrons. The van der Waals surface area contributed by atoms with E-state index in [0.717, 1.165) is 34.2 Å². The van der Waals surface area contributed by atoms with Gasteiger partial charge in [-0.3, -0.25) is 4.79 Å². The summed E-state index contributed by atoms with van der Waals surface area (Å²) in [6, 6.07) is 7.80. The molecule has 0 atom stereocenters. The molecule has 4 heterocycles. The molecule has 0 N–H and O–H groups in total. The van der Waals surface area contributed by atoms with Crippen molar-refractivity contribution in [3.63, 3.8) is 0 Å². The molecule has 1 aliphatic rings. The summed E-state index contributed by atoms with van der Waals surface area (Å²) in [5.74, 6) is 2.10. The summed E-state index contributed by atoms with van der Waals surface area (Å²) in [5, 5.41) is 3.91. The van der Waals surface area contributed by atoms with E-state index in [1.165, 1.54) is 0 Å². The molecule has 8 heteroatoms. The Kier molecular flexibility index (Phi) is 4.42. The van der Waals surface area contributed by atoms with Crippen LogP contribution in [-0.4, -0.2) is 52.1 Å². The van der Waals surface area contributed by atoms with Crippen LogP contribution in [0, 0.1) is 13.8 Å². The number of aromatic nitrogens is 3. The summed E-state index contributed by atoms with van der Waals surface area (Å²) in [5.41, 5.74) is 0.826. The van der Waals surface area contributed by atoms with Crippen LogP contribution in [0.4, 0.5) is 5.82 Å². The van der Waals surface area contributed by atoms with E-state index in [4.69, 9.17) is 4.52 Å². The van der Waals surface area contributed by atoms with Gasteiger partial charge in [-0.25, -0.2) is 4.98 Å². The molecule has 7 nitrogen and oxygen atoms in total. The van der Waals surface area contributed by atoms with E-state index in [-0.39, 0.29) is 5.91 Å². The van der Waals surface area contributed by atoms with Crippen molar-refractivity contribution in [1.29, 1.82) is 0 Å². The molecular formula is C18H19N5O2S. The molecule has 134 valence electrons. The van der Waals surface area contributed by atoms with Gasteiger partial charge in [0.25, 0.3) is 5.91 Å². The maximum Gasteiger partial charge on any atom is 0.264 e. The lowest BCUT2D eigenvalue weighted by Gasteiger charge is -2.35. The molecule has 1 saturated heterocycles. The summed E-state index contributed by atoms with van der Waals surface area (Å²) in [4.78, 5) is 27.3. The van der Waals surface area contributed by atoms with Gasteiger partial charge in [0.1, 0.15) is 5.82 Å². The van der Waals surface area contributed by atoms with Crippen LogP contribution in [0.15, 0.2) is 35.0 Å². The van der Waals surface area contributed by atoms with Crippen LogP contribution >= 0.6 is 11.3 Å². The van der Waals surface area contributed by atoms with Crippen molar-refractivity contribution in [2.45, 2.75) is 13.8 Å². The Balaban J connectivity index is 1.39. The molecule has 1 fully saturated rings. The predicted molar refractivity (Wildman–Crippen MR) is 99.4 cm³/mol. The first kappa shape index (κ1) is 16.7. The van der Waals surface area contributed by atoms with Gasteiger partial charge in [0.15, 0.2) is 0 Å². The zero-order chi connectivity index (χ0) is 18.1. The summed E-state index contributed by atoms with van der Waals surface area (Å²) in [7, 11) is 0. The normalized spacial score (nSPS) is 14.7. The van der Waals surface area contributed by atoms with E-state index in [0.29, 0.717) is 24.8 Å². The maximum absolute atomic E-state index is 12.5. The first-order valence-corrected chi connectivity index (χ1v) is 9.29. The third kappa shape index (κ3) is 3.32. The zero-order valence-electron chi connectivity index (χ0n) is 14.7. The van der Waals surface area contributed by atoms with Gasteiger partial charge in [0.05, 0.1) is 4.88 Å². The third-order valence-electron chi connectivity index (χ3n) is 4.38. The number of amides is 1. The van der Waals surface area contributed by atoms with Crippen molar-refractivity contribution in [3.05, 3.63) is 46.1 Å². The summed E-state index contributed by atoms with van der Waals surface area (Å²) in [6.07, 6.45) is 1.76. The average molecular weight is 369 g/mol. The Morgan fingerprint density at radius 3 is 2.50 bits per heavy atom. The Bertz CT molecular complexity index is 910. The molecule has 0 aliphatic carbocycles. The van der Waals surface area contributed by atoms with Crippen LogP contribution in [0.1, 0.15) is 20.4 Å². The average Bonchev–Trinajstić information content (AvgIpc) is 3.30. The number of thiophene rings is 1. The van der Waals surface area contributed by atoms with Gasteiger partial charge in [-0.2, -0.15) is 4.98 Å². The highest BCUT2D eigenvalue weighted by Gasteiger charge is 2.23. The van der Waals surface area contributed by atoms with Crippen molar-refractivity contribution in [3.8, 4) is 11.4 Å². The molecule has 0 saturated carbocycles. The van der Waals surface area contributed by atoms with Crippen LogP contribution in [0.25, 0.3) is 11.4 Å². The topological polar surface area (TPSA) is 75.4 Å². The van der Waals surface area contributed by atoms with Crippen molar-refractivity contribution >= 4 is 23.1 Å². The fourth-order valence-electron chi connectivity index (χ4n) is 2.97. The number of carbonyl (C=O) groups excluding carboxylic acids is 1. The van der Waals surface area contributed by atoms with Crippen LogP contribution in [0.2, 0.25) is 0 Å². The molecule has 0 bridgehead atoms. The molecule has 0 unspecified atom stereocenters. The molecule has 3 aromatic rings. The van der Waals surface area contributed by atoms with Crippen molar-refractivity contribution in [2.75, 3.05) is 31.1 Å². The van der Waals surface area contributed by atoms with Crippen molar-refractivity contribution in [1.82, 2.24) is 20.0 Å².